The van der Waals surface area contributed by atoms with Crippen LogP contribution in [0.3, 0.4) is 0 Å². The summed E-state index contributed by atoms with van der Waals surface area (Å²) in [6, 6.07) is 23.0. The summed E-state index contributed by atoms with van der Waals surface area (Å²) in [7, 11) is 0. The van der Waals surface area contributed by atoms with Crippen LogP contribution in [0, 0.1) is 0 Å². The highest BCUT2D eigenvalue weighted by atomic mass is 16.3. The van der Waals surface area contributed by atoms with Crippen LogP contribution in [0.2, 0.25) is 0 Å². The number of aliphatic imine (C=N–C) groups is 1. The highest BCUT2D eigenvalue weighted by molar-refractivity contribution is 5.85. The molecule has 0 aliphatic rings. The minimum absolute atomic E-state index is 0.000399. The lowest BCUT2D eigenvalue weighted by Gasteiger charge is -2.29. The first-order chi connectivity index (χ1) is 12.5. The molecule has 0 aliphatic carbocycles. The van der Waals surface area contributed by atoms with Gasteiger partial charge in [-0.3, -0.25) is 4.99 Å². The number of benzene rings is 3. The second-order valence-electron chi connectivity index (χ2n) is 6.32. The van der Waals surface area contributed by atoms with E-state index in [1.54, 1.807) is 12.3 Å². The molecule has 0 heterocycles. The van der Waals surface area contributed by atoms with Crippen LogP contribution < -0.4 is 4.90 Å². The van der Waals surface area contributed by atoms with Gasteiger partial charge in [-0.1, -0.05) is 18.2 Å². The Hall–Kier alpha value is -3.27. The number of anilines is 2. The number of hydrogen-bond donors (Lipinski definition) is 2. The lowest BCUT2D eigenvalue weighted by molar-refractivity contribution is 0.450. The number of rotatable bonds is 5. The van der Waals surface area contributed by atoms with Crippen LogP contribution in [0.5, 0.6) is 11.5 Å². The van der Waals surface area contributed by atoms with Gasteiger partial charge in [0.1, 0.15) is 11.5 Å². The topological polar surface area (TPSA) is 56.1 Å². The van der Waals surface area contributed by atoms with Crippen LogP contribution >= 0.6 is 0 Å². The second kappa shape index (κ2) is 7.74. The van der Waals surface area contributed by atoms with Crippen molar-refractivity contribution in [2.24, 2.45) is 4.99 Å². The molecule has 3 rings (SSSR count). The van der Waals surface area contributed by atoms with Crippen molar-refractivity contribution in [1.82, 2.24) is 0 Å². The Balaban J connectivity index is 1.82. The SMILES string of the molecule is CC(C)N(c1ccccc1)c1ccc(N=Cc2ccc(O)cc2O)cc1. The molecule has 3 aromatic carbocycles. The maximum atomic E-state index is 9.82. The fourth-order valence-corrected chi connectivity index (χ4v) is 2.82. The summed E-state index contributed by atoms with van der Waals surface area (Å²) in [4.78, 5) is 6.66. The van der Waals surface area contributed by atoms with Crippen molar-refractivity contribution in [3.05, 3.63) is 78.4 Å². The zero-order valence-corrected chi connectivity index (χ0v) is 14.9. The molecular weight excluding hydrogens is 324 g/mol. The molecule has 0 spiro atoms. The molecule has 132 valence electrons. The third-order valence-electron chi connectivity index (χ3n) is 4.05. The van der Waals surface area contributed by atoms with Gasteiger partial charge in [-0.25, -0.2) is 0 Å². The lowest BCUT2D eigenvalue weighted by Crippen LogP contribution is -2.25. The van der Waals surface area contributed by atoms with E-state index in [-0.39, 0.29) is 11.5 Å². The van der Waals surface area contributed by atoms with Crippen molar-refractivity contribution >= 4 is 23.3 Å². The smallest absolute Gasteiger partial charge is 0.128 e. The van der Waals surface area contributed by atoms with Crippen LogP contribution in [0.1, 0.15) is 19.4 Å². The van der Waals surface area contributed by atoms with E-state index in [1.165, 1.54) is 12.1 Å². The maximum Gasteiger partial charge on any atom is 0.128 e. The van der Waals surface area contributed by atoms with E-state index in [0.717, 1.165) is 17.1 Å². The predicted molar refractivity (Wildman–Crippen MR) is 107 cm³/mol. The van der Waals surface area contributed by atoms with Gasteiger partial charge in [0.25, 0.3) is 0 Å². The van der Waals surface area contributed by atoms with Gasteiger partial charge < -0.3 is 15.1 Å². The number of para-hydroxylation sites is 1. The van der Waals surface area contributed by atoms with Gasteiger partial charge >= 0.3 is 0 Å². The van der Waals surface area contributed by atoms with Gasteiger partial charge in [-0.05, 0) is 62.4 Å². The highest BCUT2D eigenvalue weighted by Crippen LogP contribution is 2.29. The average Bonchev–Trinajstić information content (AvgIpc) is 2.63. The van der Waals surface area contributed by atoms with Gasteiger partial charge in [0, 0.05) is 35.3 Å². The van der Waals surface area contributed by atoms with E-state index in [0.29, 0.717) is 11.6 Å². The summed E-state index contributed by atoms with van der Waals surface area (Å²) < 4.78 is 0. The van der Waals surface area contributed by atoms with Crippen molar-refractivity contribution < 1.29 is 10.2 Å². The van der Waals surface area contributed by atoms with Crippen molar-refractivity contribution in [3.8, 4) is 11.5 Å². The largest absolute Gasteiger partial charge is 0.508 e. The van der Waals surface area contributed by atoms with Crippen molar-refractivity contribution in [1.29, 1.82) is 0 Å². The minimum atomic E-state index is 0.000399. The van der Waals surface area contributed by atoms with Crippen LogP contribution in [0.15, 0.2) is 77.8 Å². The van der Waals surface area contributed by atoms with Gasteiger partial charge in [-0.2, -0.15) is 0 Å². The van der Waals surface area contributed by atoms with E-state index in [2.05, 4.69) is 35.9 Å². The molecule has 0 unspecified atom stereocenters. The molecule has 0 saturated heterocycles. The van der Waals surface area contributed by atoms with Crippen molar-refractivity contribution in [2.45, 2.75) is 19.9 Å². The molecule has 3 aromatic rings. The van der Waals surface area contributed by atoms with Crippen LogP contribution in [-0.4, -0.2) is 22.5 Å². The van der Waals surface area contributed by atoms with Gasteiger partial charge in [0.05, 0.1) is 5.69 Å². The van der Waals surface area contributed by atoms with Crippen molar-refractivity contribution in [2.75, 3.05) is 4.90 Å². The summed E-state index contributed by atoms with van der Waals surface area (Å²) >= 11 is 0. The first-order valence-electron chi connectivity index (χ1n) is 8.55. The monoisotopic (exact) mass is 346 g/mol. The number of phenolic OH excluding ortho intramolecular Hbond substituents is 2. The van der Waals surface area contributed by atoms with Crippen LogP contribution in [0.4, 0.5) is 17.1 Å². The first-order valence-corrected chi connectivity index (χ1v) is 8.55. The zero-order chi connectivity index (χ0) is 18.5. The summed E-state index contributed by atoms with van der Waals surface area (Å²) in [5, 5.41) is 19.2. The molecule has 0 aliphatic heterocycles. The highest BCUT2D eigenvalue weighted by Gasteiger charge is 2.12. The molecule has 0 aromatic heterocycles. The van der Waals surface area contributed by atoms with E-state index < -0.39 is 0 Å². The third kappa shape index (κ3) is 4.03. The zero-order valence-electron chi connectivity index (χ0n) is 14.9. The Morgan fingerprint density at radius 2 is 1.50 bits per heavy atom. The Morgan fingerprint density at radius 3 is 2.12 bits per heavy atom. The first kappa shape index (κ1) is 17.5. The van der Waals surface area contributed by atoms with Crippen molar-refractivity contribution in [3.63, 3.8) is 0 Å². The third-order valence-corrected chi connectivity index (χ3v) is 4.05. The number of aromatic hydroxyl groups is 2. The van der Waals surface area contributed by atoms with Crippen LogP contribution in [-0.2, 0) is 0 Å². The molecule has 4 nitrogen and oxygen atoms in total. The molecule has 26 heavy (non-hydrogen) atoms. The molecule has 4 heteroatoms. The van der Waals surface area contributed by atoms with Gasteiger partial charge in [0.2, 0.25) is 0 Å². The summed E-state index contributed by atoms with van der Waals surface area (Å²) in [5.41, 5.74) is 3.59. The van der Waals surface area contributed by atoms with Gasteiger partial charge in [-0.15, -0.1) is 0 Å². The molecule has 2 N–H and O–H groups in total. The maximum absolute atomic E-state index is 9.82. The molecule has 0 bridgehead atoms. The van der Waals surface area contributed by atoms with Gasteiger partial charge in [0.15, 0.2) is 0 Å². The molecule has 0 amide bonds. The lowest BCUT2D eigenvalue weighted by atomic mass is 10.1. The fourth-order valence-electron chi connectivity index (χ4n) is 2.82. The Morgan fingerprint density at radius 1 is 0.846 bits per heavy atom. The van der Waals surface area contributed by atoms with Crippen LogP contribution in [0.25, 0.3) is 0 Å². The summed E-state index contributed by atoms with van der Waals surface area (Å²) in [6.07, 6.45) is 1.58. The second-order valence-corrected chi connectivity index (χ2v) is 6.32. The predicted octanol–water partition coefficient (Wildman–Crippen LogP) is 5.39. The fraction of sp³-hybridized carbons (Fsp3) is 0.136. The molecule has 0 atom stereocenters. The van der Waals surface area contributed by atoms with E-state index in [1.807, 2.05) is 42.5 Å². The normalized spacial score (nSPS) is 11.2. The Bertz CT molecular complexity index is 888. The van der Waals surface area contributed by atoms with E-state index in [4.69, 9.17) is 0 Å². The number of hydrogen-bond acceptors (Lipinski definition) is 4. The molecule has 0 fully saturated rings. The molecule has 0 radical (unpaired) electrons. The molecule has 0 saturated carbocycles. The Kier molecular flexibility index (Phi) is 5.23. The summed E-state index contributed by atoms with van der Waals surface area (Å²) in [5.74, 6) is 0.0270. The standard InChI is InChI=1S/C22H22N2O2/c1-16(2)24(19-6-4-3-5-7-19)20-11-9-18(10-12-20)23-15-17-8-13-21(25)14-22(17)26/h3-16,25-26H,1-2H3. The minimum Gasteiger partial charge on any atom is -0.508 e. The Labute approximate surface area is 153 Å². The number of phenols is 2. The average molecular weight is 346 g/mol. The quantitative estimate of drug-likeness (QED) is 0.609. The molecular formula is C22H22N2O2. The van der Waals surface area contributed by atoms with E-state index in [9.17, 15) is 10.2 Å². The summed E-state index contributed by atoms with van der Waals surface area (Å²) in [6.45, 7) is 4.32. The number of nitrogens with zero attached hydrogens (tertiary/aromatic N) is 2. The van der Waals surface area contributed by atoms with E-state index >= 15 is 0 Å².